The average Bonchev–Trinajstić information content (AvgIpc) is 2.71. The van der Waals surface area contributed by atoms with Crippen LogP contribution in [-0.4, -0.2) is 17.8 Å². The van der Waals surface area contributed by atoms with Crippen molar-refractivity contribution in [1.29, 1.82) is 0 Å². The van der Waals surface area contributed by atoms with Crippen molar-refractivity contribution >= 4 is 5.69 Å². The lowest BCUT2D eigenvalue weighted by molar-refractivity contribution is -0.385. The van der Waals surface area contributed by atoms with Gasteiger partial charge in [-0.05, 0) is 0 Å². The zero-order valence-corrected chi connectivity index (χ0v) is 7.96. The Hall–Kier alpha value is -1.82. The zero-order chi connectivity index (χ0) is 10.7. The maximum Gasteiger partial charge on any atom is 0.272 e. The van der Waals surface area contributed by atoms with Gasteiger partial charge in [-0.1, -0.05) is 18.2 Å². The first-order valence-corrected chi connectivity index (χ1v) is 4.59. The molecule has 2 rings (SSSR count). The Morgan fingerprint density at radius 2 is 2.33 bits per heavy atom. The van der Waals surface area contributed by atoms with Crippen LogP contribution in [0, 0.1) is 10.1 Å². The molecule has 0 aromatic heterocycles. The number of azo groups is 1. The van der Waals surface area contributed by atoms with Crippen molar-refractivity contribution in [2.24, 2.45) is 10.2 Å². The van der Waals surface area contributed by atoms with Crippen molar-refractivity contribution in [2.75, 3.05) is 6.67 Å². The van der Waals surface area contributed by atoms with Gasteiger partial charge in [0.25, 0.3) is 5.69 Å². The van der Waals surface area contributed by atoms with Crippen LogP contribution < -0.4 is 5.32 Å². The lowest BCUT2D eigenvalue weighted by Gasteiger charge is -2.06. The van der Waals surface area contributed by atoms with Crippen LogP contribution >= 0.6 is 0 Å². The molecule has 1 aromatic carbocycles. The lowest BCUT2D eigenvalue weighted by atomic mass is 10.1. The number of hydrogen-bond acceptors (Lipinski definition) is 5. The fourth-order valence-electron chi connectivity index (χ4n) is 1.51. The Morgan fingerprint density at radius 1 is 1.53 bits per heavy atom. The molecular weight excluding hydrogens is 196 g/mol. The Bertz CT molecular complexity index is 405. The summed E-state index contributed by atoms with van der Waals surface area (Å²) in [5, 5.41) is 21.4. The molecule has 1 heterocycles. The number of rotatable bonds is 3. The fourth-order valence-corrected chi connectivity index (χ4v) is 1.51. The average molecular weight is 206 g/mol. The Kier molecular flexibility index (Phi) is 2.68. The summed E-state index contributed by atoms with van der Waals surface area (Å²) >= 11 is 0. The predicted molar refractivity (Wildman–Crippen MR) is 53.4 cm³/mol. The summed E-state index contributed by atoms with van der Waals surface area (Å²) in [5.74, 6) is 0. The molecule has 78 valence electrons. The topological polar surface area (TPSA) is 79.9 Å². The number of nitrogens with one attached hydrogen (secondary N) is 1. The normalized spacial score (nSPS) is 19.3. The maximum absolute atomic E-state index is 10.7. The minimum atomic E-state index is -0.374. The number of benzene rings is 1. The van der Waals surface area contributed by atoms with Gasteiger partial charge in [0.2, 0.25) is 0 Å². The van der Waals surface area contributed by atoms with Gasteiger partial charge in [-0.25, -0.2) is 0 Å². The van der Waals surface area contributed by atoms with Crippen molar-refractivity contribution in [1.82, 2.24) is 5.32 Å². The molecule has 0 bridgehead atoms. The van der Waals surface area contributed by atoms with Crippen molar-refractivity contribution < 1.29 is 4.92 Å². The molecule has 1 aromatic rings. The number of hydrogen-bond donors (Lipinski definition) is 1. The summed E-state index contributed by atoms with van der Waals surface area (Å²) in [4.78, 5) is 10.4. The van der Waals surface area contributed by atoms with E-state index in [-0.39, 0.29) is 16.8 Å². The highest BCUT2D eigenvalue weighted by Gasteiger charge is 2.18. The van der Waals surface area contributed by atoms with E-state index in [0.29, 0.717) is 18.7 Å². The summed E-state index contributed by atoms with van der Waals surface area (Å²) in [6.45, 7) is 0.491. The third-order valence-electron chi connectivity index (χ3n) is 2.22. The fraction of sp³-hybridized carbons (Fsp3) is 0.333. The number of nitrogens with zero attached hydrogens (tertiary/aromatic N) is 3. The molecule has 1 unspecified atom stereocenters. The lowest BCUT2D eigenvalue weighted by Crippen LogP contribution is -2.24. The Balaban J connectivity index is 2.19. The van der Waals surface area contributed by atoms with Gasteiger partial charge in [0.05, 0.1) is 4.92 Å². The molecule has 0 spiro atoms. The third-order valence-corrected chi connectivity index (χ3v) is 2.22. The van der Waals surface area contributed by atoms with Crippen LogP contribution in [0.4, 0.5) is 5.69 Å². The molecule has 0 aliphatic carbocycles. The van der Waals surface area contributed by atoms with Crippen molar-refractivity contribution in [3.8, 4) is 0 Å². The Morgan fingerprint density at radius 3 is 3.00 bits per heavy atom. The van der Waals surface area contributed by atoms with Gasteiger partial charge in [-0.15, -0.1) is 0 Å². The number of nitro benzene ring substituents is 1. The van der Waals surface area contributed by atoms with Crippen LogP contribution in [0.1, 0.15) is 5.56 Å². The van der Waals surface area contributed by atoms with Crippen LogP contribution in [0.25, 0.3) is 0 Å². The smallest absolute Gasteiger partial charge is 0.272 e. The van der Waals surface area contributed by atoms with Gasteiger partial charge in [0.1, 0.15) is 12.8 Å². The van der Waals surface area contributed by atoms with Crippen LogP contribution in [-0.2, 0) is 6.42 Å². The largest absolute Gasteiger partial charge is 0.273 e. The van der Waals surface area contributed by atoms with E-state index in [1.807, 2.05) is 0 Å². The van der Waals surface area contributed by atoms with Crippen LogP contribution in [0.5, 0.6) is 0 Å². The van der Waals surface area contributed by atoms with E-state index in [0.717, 1.165) is 0 Å². The Labute approximate surface area is 86.2 Å². The molecule has 0 fully saturated rings. The van der Waals surface area contributed by atoms with Crippen LogP contribution in [0.2, 0.25) is 0 Å². The molecule has 0 saturated carbocycles. The van der Waals surface area contributed by atoms with E-state index in [9.17, 15) is 10.1 Å². The molecule has 1 N–H and O–H groups in total. The predicted octanol–water partition coefficient (Wildman–Crippen LogP) is 1.48. The second-order valence-corrected chi connectivity index (χ2v) is 3.22. The van der Waals surface area contributed by atoms with E-state index in [2.05, 4.69) is 15.5 Å². The summed E-state index contributed by atoms with van der Waals surface area (Å²) in [5.41, 5.74) is 0.822. The van der Waals surface area contributed by atoms with E-state index in [4.69, 9.17) is 0 Å². The molecule has 0 saturated heterocycles. The van der Waals surface area contributed by atoms with Crippen molar-refractivity contribution in [3.05, 3.63) is 39.9 Å². The van der Waals surface area contributed by atoms with E-state index >= 15 is 0 Å². The first-order valence-electron chi connectivity index (χ1n) is 4.59. The van der Waals surface area contributed by atoms with Gasteiger partial charge in [0, 0.05) is 18.1 Å². The standard InChI is InChI=1S/C9H10N4O2/c14-13(15)8-4-2-1-3-7(8)5-9-10-6-11-12-9/h1-4,9-10H,5-6H2. The molecule has 1 aliphatic rings. The minimum absolute atomic E-state index is 0.133. The molecule has 1 atom stereocenters. The highest BCUT2D eigenvalue weighted by atomic mass is 16.6. The SMILES string of the molecule is O=[N+]([O-])c1ccccc1CC1N=NCN1. The second-order valence-electron chi connectivity index (χ2n) is 3.22. The number of para-hydroxylation sites is 1. The molecule has 6 heteroatoms. The first-order chi connectivity index (χ1) is 7.27. The number of nitro groups is 1. The molecule has 1 aliphatic heterocycles. The summed E-state index contributed by atoms with van der Waals surface area (Å²) < 4.78 is 0. The van der Waals surface area contributed by atoms with Crippen molar-refractivity contribution in [2.45, 2.75) is 12.6 Å². The third kappa shape index (κ3) is 2.16. The van der Waals surface area contributed by atoms with E-state index in [1.54, 1.807) is 18.2 Å². The van der Waals surface area contributed by atoms with E-state index < -0.39 is 0 Å². The monoisotopic (exact) mass is 206 g/mol. The van der Waals surface area contributed by atoms with Gasteiger partial charge in [-0.3, -0.25) is 15.4 Å². The summed E-state index contributed by atoms with van der Waals surface area (Å²) in [7, 11) is 0. The van der Waals surface area contributed by atoms with Gasteiger partial charge >= 0.3 is 0 Å². The minimum Gasteiger partial charge on any atom is -0.273 e. The molecular formula is C9H10N4O2. The first kappa shape index (κ1) is 9.72. The van der Waals surface area contributed by atoms with Gasteiger partial charge in [-0.2, -0.15) is 10.2 Å². The maximum atomic E-state index is 10.7. The van der Waals surface area contributed by atoms with Crippen LogP contribution in [0.15, 0.2) is 34.5 Å². The second kappa shape index (κ2) is 4.14. The van der Waals surface area contributed by atoms with Gasteiger partial charge < -0.3 is 0 Å². The van der Waals surface area contributed by atoms with Gasteiger partial charge in [0.15, 0.2) is 0 Å². The zero-order valence-electron chi connectivity index (χ0n) is 7.96. The van der Waals surface area contributed by atoms with E-state index in [1.165, 1.54) is 6.07 Å². The highest BCUT2D eigenvalue weighted by Crippen LogP contribution is 2.20. The summed E-state index contributed by atoms with van der Waals surface area (Å²) in [6, 6.07) is 6.69. The summed E-state index contributed by atoms with van der Waals surface area (Å²) in [6.07, 6.45) is 0.367. The highest BCUT2D eigenvalue weighted by molar-refractivity contribution is 5.40. The molecule has 15 heavy (non-hydrogen) atoms. The van der Waals surface area contributed by atoms with Crippen LogP contribution in [0.3, 0.4) is 0 Å². The van der Waals surface area contributed by atoms with Crippen molar-refractivity contribution in [3.63, 3.8) is 0 Å². The molecule has 0 amide bonds. The molecule has 6 nitrogen and oxygen atoms in total. The molecule has 0 radical (unpaired) electrons. The quantitative estimate of drug-likeness (QED) is 0.600.